The van der Waals surface area contributed by atoms with Gasteiger partial charge in [0, 0.05) is 36.8 Å². The van der Waals surface area contributed by atoms with E-state index in [2.05, 4.69) is 16.0 Å². The van der Waals surface area contributed by atoms with Gasteiger partial charge in [0.15, 0.2) is 0 Å². The van der Waals surface area contributed by atoms with E-state index >= 15 is 0 Å². The quantitative estimate of drug-likeness (QED) is 0.238. The molecule has 36 heavy (non-hydrogen) atoms. The van der Waals surface area contributed by atoms with Crippen molar-refractivity contribution < 1.29 is 28.8 Å². The van der Waals surface area contributed by atoms with E-state index in [-0.39, 0.29) is 23.9 Å². The van der Waals surface area contributed by atoms with E-state index in [1.165, 1.54) is 24.3 Å². The molecule has 1 atom stereocenters. The molecule has 2 rings (SSSR count). The van der Waals surface area contributed by atoms with Crippen molar-refractivity contribution in [1.82, 2.24) is 16.0 Å². The van der Waals surface area contributed by atoms with Crippen LogP contribution in [0, 0.1) is 10.1 Å². The Bertz CT molecular complexity index is 1020. The van der Waals surface area contributed by atoms with Crippen LogP contribution >= 0.6 is 0 Å². The highest BCUT2D eigenvalue weighted by Crippen LogP contribution is 2.17. The van der Waals surface area contributed by atoms with Crippen molar-refractivity contribution in [1.29, 1.82) is 0 Å². The summed E-state index contributed by atoms with van der Waals surface area (Å²) < 4.78 is 10.4. The van der Waals surface area contributed by atoms with Gasteiger partial charge < -0.3 is 25.4 Å². The van der Waals surface area contributed by atoms with E-state index in [0.29, 0.717) is 31.4 Å². The first-order chi connectivity index (χ1) is 17.0. The maximum absolute atomic E-state index is 12.2. The van der Waals surface area contributed by atoms with Gasteiger partial charge in [0.05, 0.1) is 4.92 Å². The highest BCUT2D eigenvalue weighted by Gasteiger charge is 2.20. The number of alkyl carbamates (subject to hydrolysis) is 1. The van der Waals surface area contributed by atoms with Crippen LogP contribution in [0.4, 0.5) is 15.3 Å². The molecule has 0 aromatic heterocycles. The number of nitrogens with one attached hydrogen (secondary N) is 3. The molecular formula is C25H32N4O7. The lowest BCUT2D eigenvalue weighted by atomic mass is 10.1. The fourth-order valence-corrected chi connectivity index (χ4v) is 3.09. The van der Waals surface area contributed by atoms with Gasteiger partial charge in [-0.1, -0.05) is 18.2 Å². The fourth-order valence-electron chi connectivity index (χ4n) is 3.09. The minimum Gasteiger partial charge on any atom is -0.444 e. The molecule has 0 bridgehead atoms. The van der Waals surface area contributed by atoms with Crippen molar-refractivity contribution in [3.05, 3.63) is 70.3 Å². The molecule has 0 fully saturated rings. The molecule has 0 aliphatic heterocycles. The van der Waals surface area contributed by atoms with E-state index in [1.807, 2.05) is 6.07 Å². The molecule has 194 valence electrons. The molecule has 2 aromatic rings. The molecule has 2 aromatic carbocycles. The number of hydrogen-bond donors (Lipinski definition) is 3. The molecule has 3 N–H and O–H groups in total. The number of benzene rings is 2. The number of amides is 3. The van der Waals surface area contributed by atoms with Crippen molar-refractivity contribution in [3.63, 3.8) is 0 Å². The predicted molar refractivity (Wildman–Crippen MR) is 133 cm³/mol. The number of nitro benzene ring substituents is 1. The zero-order valence-corrected chi connectivity index (χ0v) is 20.6. The van der Waals surface area contributed by atoms with Crippen LogP contribution in [0.3, 0.4) is 0 Å². The van der Waals surface area contributed by atoms with Crippen LogP contribution in [0.1, 0.15) is 50.4 Å². The van der Waals surface area contributed by atoms with Gasteiger partial charge in [-0.05, 0) is 64.3 Å². The standard InChI is InChI=1S/C25H32N4O7/c1-25(2,3)36-24(32)28-19(11-7-8-16-26-22(30)18-9-5-4-6-10-18)17-27-23(31)35-21-14-12-20(13-15-21)29(33)34/h4-6,9-10,12-15,19H,7-8,11,16-17H2,1-3H3,(H,26,30)(H,27,31)(H,28,32)/t19-/m0/s1. The molecule has 0 heterocycles. The van der Waals surface area contributed by atoms with E-state index < -0.39 is 28.8 Å². The summed E-state index contributed by atoms with van der Waals surface area (Å²) in [5.74, 6) is -0.0152. The van der Waals surface area contributed by atoms with Crippen LogP contribution in [0.2, 0.25) is 0 Å². The van der Waals surface area contributed by atoms with Crippen molar-refractivity contribution >= 4 is 23.8 Å². The van der Waals surface area contributed by atoms with Gasteiger partial charge in [0.25, 0.3) is 11.6 Å². The summed E-state index contributed by atoms with van der Waals surface area (Å²) in [6, 6.07) is 13.5. The van der Waals surface area contributed by atoms with E-state index in [4.69, 9.17) is 9.47 Å². The van der Waals surface area contributed by atoms with Crippen LogP contribution in [0.15, 0.2) is 54.6 Å². The first kappa shape index (κ1) is 28.1. The van der Waals surface area contributed by atoms with E-state index in [9.17, 15) is 24.5 Å². The lowest BCUT2D eigenvalue weighted by Crippen LogP contribution is -2.46. The van der Waals surface area contributed by atoms with Crippen LogP contribution in [0.5, 0.6) is 5.75 Å². The Morgan fingerprint density at radius 1 is 0.944 bits per heavy atom. The Labute approximate surface area is 209 Å². The van der Waals surface area contributed by atoms with E-state index in [1.54, 1.807) is 45.0 Å². The normalized spacial score (nSPS) is 11.6. The zero-order chi connectivity index (χ0) is 26.6. The lowest BCUT2D eigenvalue weighted by molar-refractivity contribution is -0.384. The number of non-ortho nitro benzene ring substituents is 1. The molecular weight excluding hydrogens is 468 g/mol. The molecule has 0 saturated carbocycles. The highest BCUT2D eigenvalue weighted by molar-refractivity contribution is 5.94. The Kier molecular flexibility index (Phi) is 10.7. The van der Waals surface area contributed by atoms with Crippen molar-refractivity contribution in [3.8, 4) is 5.75 Å². The predicted octanol–water partition coefficient (Wildman–Crippen LogP) is 4.18. The summed E-state index contributed by atoms with van der Waals surface area (Å²) >= 11 is 0. The number of nitrogens with zero attached hydrogens (tertiary/aromatic N) is 1. The van der Waals surface area contributed by atoms with Gasteiger partial charge >= 0.3 is 12.2 Å². The summed E-state index contributed by atoms with van der Waals surface area (Å²) in [5.41, 5.74) is -0.222. The molecule has 0 unspecified atom stereocenters. The Balaban J connectivity index is 1.83. The van der Waals surface area contributed by atoms with Gasteiger partial charge in [-0.2, -0.15) is 0 Å². The number of rotatable bonds is 11. The summed E-state index contributed by atoms with van der Waals surface area (Å²) in [6.45, 7) is 5.77. The molecule has 11 nitrogen and oxygen atoms in total. The van der Waals surface area contributed by atoms with Gasteiger partial charge in [-0.15, -0.1) is 0 Å². The maximum atomic E-state index is 12.2. The second-order valence-corrected chi connectivity index (χ2v) is 8.98. The second-order valence-electron chi connectivity index (χ2n) is 8.98. The molecule has 0 saturated heterocycles. The molecule has 0 spiro atoms. The van der Waals surface area contributed by atoms with Gasteiger partial charge in [-0.25, -0.2) is 9.59 Å². The van der Waals surface area contributed by atoms with Crippen LogP contribution in [-0.2, 0) is 4.74 Å². The number of unbranched alkanes of at least 4 members (excludes halogenated alkanes) is 1. The van der Waals surface area contributed by atoms with Crippen LogP contribution < -0.4 is 20.7 Å². The average Bonchev–Trinajstić information content (AvgIpc) is 2.81. The largest absolute Gasteiger partial charge is 0.444 e. The number of nitro groups is 1. The number of ether oxygens (including phenoxy) is 2. The van der Waals surface area contributed by atoms with Crippen molar-refractivity contribution in [2.24, 2.45) is 0 Å². The number of carbonyl (C=O) groups is 3. The van der Waals surface area contributed by atoms with Gasteiger partial charge in [-0.3, -0.25) is 14.9 Å². The smallest absolute Gasteiger partial charge is 0.412 e. The summed E-state index contributed by atoms with van der Waals surface area (Å²) in [6.07, 6.45) is 0.455. The zero-order valence-electron chi connectivity index (χ0n) is 20.6. The second kappa shape index (κ2) is 13.7. The Morgan fingerprint density at radius 3 is 2.22 bits per heavy atom. The third-order valence-corrected chi connectivity index (χ3v) is 4.77. The van der Waals surface area contributed by atoms with Gasteiger partial charge in [0.1, 0.15) is 11.4 Å². The number of hydrogen-bond acceptors (Lipinski definition) is 7. The van der Waals surface area contributed by atoms with Crippen LogP contribution in [0.25, 0.3) is 0 Å². The third kappa shape index (κ3) is 10.9. The lowest BCUT2D eigenvalue weighted by Gasteiger charge is -2.24. The first-order valence-electron chi connectivity index (χ1n) is 11.6. The molecule has 0 aliphatic rings. The van der Waals surface area contributed by atoms with Crippen molar-refractivity contribution in [2.45, 2.75) is 51.7 Å². The molecule has 3 amide bonds. The summed E-state index contributed by atoms with van der Waals surface area (Å²) in [7, 11) is 0. The van der Waals surface area contributed by atoms with Gasteiger partial charge in [0.2, 0.25) is 0 Å². The van der Waals surface area contributed by atoms with E-state index in [0.717, 1.165) is 0 Å². The first-order valence-corrected chi connectivity index (χ1v) is 11.6. The fraction of sp³-hybridized carbons (Fsp3) is 0.400. The Hall–Kier alpha value is -4.15. The SMILES string of the molecule is CC(C)(C)OC(=O)N[C@@H](CCCCNC(=O)c1ccccc1)CNC(=O)Oc1ccc([N+](=O)[O-])cc1. The number of carbonyl (C=O) groups excluding carboxylic acids is 3. The topological polar surface area (TPSA) is 149 Å². The highest BCUT2D eigenvalue weighted by atomic mass is 16.6. The maximum Gasteiger partial charge on any atom is 0.412 e. The summed E-state index contributed by atoms with van der Waals surface area (Å²) in [4.78, 5) is 46.7. The molecule has 0 radical (unpaired) electrons. The monoisotopic (exact) mass is 500 g/mol. The summed E-state index contributed by atoms with van der Waals surface area (Å²) in [5, 5.41) is 18.9. The molecule has 11 heteroatoms. The minimum absolute atomic E-state index is 0.0709. The molecule has 0 aliphatic carbocycles. The third-order valence-electron chi connectivity index (χ3n) is 4.77. The average molecular weight is 501 g/mol. The minimum atomic E-state index is -0.769. The Morgan fingerprint density at radius 2 is 1.61 bits per heavy atom. The van der Waals surface area contributed by atoms with Crippen molar-refractivity contribution in [2.75, 3.05) is 13.1 Å². The van der Waals surface area contributed by atoms with Crippen LogP contribution in [-0.4, -0.2) is 47.7 Å².